The minimum atomic E-state index is -3.00. The Kier molecular flexibility index (Phi) is 7.08. The van der Waals surface area contributed by atoms with Crippen LogP contribution < -0.4 is 19.5 Å². The first-order valence-electron chi connectivity index (χ1n) is 8.86. The molecule has 0 bridgehead atoms. The molecule has 8 heteroatoms. The Bertz CT molecular complexity index is 1010. The number of carbonyl (C=O) groups is 1. The van der Waals surface area contributed by atoms with Gasteiger partial charge < -0.3 is 19.5 Å². The van der Waals surface area contributed by atoms with Crippen molar-refractivity contribution < 1.29 is 27.8 Å². The number of carbonyl (C=O) groups excluding carboxylic acids is 1. The largest absolute Gasteiger partial charge is 0.493 e. The topological polar surface area (TPSA) is 56.8 Å². The van der Waals surface area contributed by atoms with Crippen LogP contribution in [-0.4, -0.2) is 19.6 Å². The van der Waals surface area contributed by atoms with Crippen molar-refractivity contribution >= 4 is 23.2 Å². The van der Waals surface area contributed by atoms with Crippen molar-refractivity contribution in [2.24, 2.45) is 0 Å². The maximum Gasteiger partial charge on any atom is 0.387 e. The molecule has 0 fully saturated rings. The monoisotopic (exact) mass is 433 g/mol. The Morgan fingerprint density at radius 3 is 2.43 bits per heavy atom. The Labute approximate surface area is 177 Å². The predicted molar refractivity (Wildman–Crippen MR) is 110 cm³/mol. The molecule has 156 valence electrons. The molecule has 0 aliphatic carbocycles. The van der Waals surface area contributed by atoms with Gasteiger partial charge in [0, 0.05) is 10.6 Å². The fraction of sp³-hybridized carbons (Fsp3) is 0.136. The minimum Gasteiger partial charge on any atom is -0.493 e. The highest BCUT2D eigenvalue weighted by atomic mass is 35.5. The highest BCUT2D eigenvalue weighted by Gasteiger charge is 2.15. The molecule has 5 nitrogen and oxygen atoms in total. The van der Waals surface area contributed by atoms with Gasteiger partial charge in [0.25, 0.3) is 5.91 Å². The molecule has 1 N–H and O–H groups in total. The van der Waals surface area contributed by atoms with E-state index in [1.165, 1.54) is 31.4 Å². The molecule has 0 atom stereocenters. The Morgan fingerprint density at radius 2 is 1.73 bits per heavy atom. The third-order valence-corrected chi connectivity index (χ3v) is 4.34. The smallest absolute Gasteiger partial charge is 0.387 e. The molecule has 0 heterocycles. The van der Waals surface area contributed by atoms with E-state index in [4.69, 9.17) is 21.1 Å². The fourth-order valence-electron chi connectivity index (χ4n) is 2.63. The van der Waals surface area contributed by atoms with E-state index in [1.54, 1.807) is 30.3 Å². The number of anilines is 1. The van der Waals surface area contributed by atoms with Gasteiger partial charge in [0.2, 0.25) is 0 Å². The average Bonchev–Trinajstić information content (AvgIpc) is 2.74. The van der Waals surface area contributed by atoms with Gasteiger partial charge in [-0.05, 0) is 48.0 Å². The Morgan fingerprint density at radius 1 is 1.00 bits per heavy atom. The number of benzene rings is 3. The van der Waals surface area contributed by atoms with Gasteiger partial charge in [-0.25, -0.2) is 0 Å². The SMILES string of the molecule is COc1cc(C(=O)Nc2ccccc2OC(F)F)ccc1OCc1ccc(Cl)cc1. The molecule has 0 saturated heterocycles. The second-order valence-electron chi connectivity index (χ2n) is 6.11. The number of hydrogen-bond donors (Lipinski definition) is 1. The molecule has 0 aliphatic heterocycles. The summed E-state index contributed by atoms with van der Waals surface area (Å²) in [6.07, 6.45) is 0. The molecular weight excluding hydrogens is 416 g/mol. The van der Waals surface area contributed by atoms with Gasteiger partial charge in [0.05, 0.1) is 12.8 Å². The van der Waals surface area contributed by atoms with Gasteiger partial charge in [-0.3, -0.25) is 4.79 Å². The number of amides is 1. The lowest BCUT2D eigenvalue weighted by molar-refractivity contribution is -0.0493. The molecule has 0 unspecified atom stereocenters. The summed E-state index contributed by atoms with van der Waals surface area (Å²) in [6, 6.07) is 17.8. The lowest BCUT2D eigenvalue weighted by atomic mass is 10.1. The van der Waals surface area contributed by atoms with E-state index < -0.39 is 12.5 Å². The van der Waals surface area contributed by atoms with E-state index in [0.29, 0.717) is 16.5 Å². The molecule has 3 rings (SSSR count). The summed E-state index contributed by atoms with van der Waals surface area (Å²) < 4.78 is 40.6. The molecule has 1 amide bonds. The van der Waals surface area contributed by atoms with Gasteiger partial charge in [-0.15, -0.1) is 0 Å². The van der Waals surface area contributed by atoms with Gasteiger partial charge in [0.15, 0.2) is 11.5 Å². The zero-order chi connectivity index (χ0) is 21.5. The molecule has 0 aromatic heterocycles. The molecular formula is C22H18ClF2NO4. The van der Waals surface area contributed by atoms with Crippen LogP contribution in [-0.2, 0) is 6.61 Å². The molecule has 0 saturated carbocycles. The number of ether oxygens (including phenoxy) is 3. The van der Waals surface area contributed by atoms with Crippen LogP contribution in [0.25, 0.3) is 0 Å². The van der Waals surface area contributed by atoms with Crippen LogP contribution in [0, 0.1) is 0 Å². The lowest BCUT2D eigenvalue weighted by Gasteiger charge is -2.14. The summed E-state index contributed by atoms with van der Waals surface area (Å²) in [4.78, 5) is 12.6. The summed E-state index contributed by atoms with van der Waals surface area (Å²) in [5.74, 6) is 0.165. The summed E-state index contributed by atoms with van der Waals surface area (Å²) in [6.45, 7) is -2.71. The maximum atomic E-state index is 12.6. The van der Waals surface area contributed by atoms with Crippen LogP contribution in [0.1, 0.15) is 15.9 Å². The number of nitrogens with one attached hydrogen (secondary N) is 1. The van der Waals surface area contributed by atoms with Crippen LogP contribution in [0.5, 0.6) is 17.2 Å². The van der Waals surface area contributed by atoms with E-state index in [9.17, 15) is 13.6 Å². The van der Waals surface area contributed by atoms with Gasteiger partial charge >= 0.3 is 6.61 Å². The molecule has 0 radical (unpaired) electrons. The van der Waals surface area contributed by atoms with Crippen molar-refractivity contribution in [2.75, 3.05) is 12.4 Å². The zero-order valence-electron chi connectivity index (χ0n) is 15.9. The van der Waals surface area contributed by atoms with Crippen molar-refractivity contribution in [3.8, 4) is 17.2 Å². The van der Waals surface area contributed by atoms with Crippen LogP contribution in [0.4, 0.5) is 14.5 Å². The van der Waals surface area contributed by atoms with Gasteiger partial charge in [-0.1, -0.05) is 35.9 Å². The van der Waals surface area contributed by atoms with E-state index in [1.807, 2.05) is 12.1 Å². The zero-order valence-corrected chi connectivity index (χ0v) is 16.7. The van der Waals surface area contributed by atoms with E-state index in [2.05, 4.69) is 10.1 Å². The van der Waals surface area contributed by atoms with Gasteiger partial charge in [0.1, 0.15) is 12.4 Å². The van der Waals surface area contributed by atoms with Crippen molar-refractivity contribution in [3.05, 3.63) is 82.9 Å². The number of para-hydroxylation sites is 2. The maximum absolute atomic E-state index is 12.6. The van der Waals surface area contributed by atoms with Crippen molar-refractivity contribution in [3.63, 3.8) is 0 Å². The second-order valence-corrected chi connectivity index (χ2v) is 6.55. The van der Waals surface area contributed by atoms with Crippen LogP contribution in [0.3, 0.4) is 0 Å². The quantitative estimate of drug-likeness (QED) is 0.489. The number of hydrogen-bond acceptors (Lipinski definition) is 4. The summed E-state index contributed by atoms with van der Waals surface area (Å²) >= 11 is 5.87. The van der Waals surface area contributed by atoms with Crippen molar-refractivity contribution in [2.45, 2.75) is 13.2 Å². The van der Waals surface area contributed by atoms with Crippen molar-refractivity contribution in [1.82, 2.24) is 0 Å². The Balaban J connectivity index is 1.72. The lowest BCUT2D eigenvalue weighted by Crippen LogP contribution is -2.14. The first kappa shape index (κ1) is 21.4. The second kappa shape index (κ2) is 9.93. The van der Waals surface area contributed by atoms with Gasteiger partial charge in [-0.2, -0.15) is 8.78 Å². The fourth-order valence-corrected chi connectivity index (χ4v) is 2.76. The summed E-state index contributed by atoms with van der Waals surface area (Å²) in [5.41, 5.74) is 1.31. The first-order chi connectivity index (χ1) is 14.5. The standard InChI is InChI=1S/C22H18ClF2NO4/c1-28-20-12-15(8-11-19(20)29-13-14-6-9-16(23)10-7-14)21(27)26-17-4-2-3-5-18(17)30-22(24)25/h2-12,22H,13H2,1H3,(H,26,27). The molecule has 3 aromatic carbocycles. The summed E-state index contributed by atoms with van der Waals surface area (Å²) in [5, 5.41) is 3.19. The first-order valence-corrected chi connectivity index (χ1v) is 9.24. The minimum absolute atomic E-state index is 0.129. The number of rotatable bonds is 8. The number of halogens is 3. The Hall–Kier alpha value is -3.32. The number of alkyl halides is 2. The summed E-state index contributed by atoms with van der Waals surface area (Å²) in [7, 11) is 1.46. The average molecular weight is 434 g/mol. The third-order valence-electron chi connectivity index (χ3n) is 4.08. The molecule has 30 heavy (non-hydrogen) atoms. The molecule has 3 aromatic rings. The predicted octanol–water partition coefficient (Wildman–Crippen LogP) is 5.78. The van der Waals surface area contributed by atoms with E-state index >= 15 is 0 Å². The number of methoxy groups -OCH3 is 1. The van der Waals surface area contributed by atoms with Crippen LogP contribution in [0.2, 0.25) is 5.02 Å². The van der Waals surface area contributed by atoms with E-state index in [-0.39, 0.29) is 23.6 Å². The molecule has 0 aliphatic rings. The van der Waals surface area contributed by atoms with Crippen molar-refractivity contribution in [1.29, 1.82) is 0 Å². The normalized spacial score (nSPS) is 10.6. The van der Waals surface area contributed by atoms with Crippen LogP contribution in [0.15, 0.2) is 66.7 Å². The highest BCUT2D eigenvalue weighted by molar-refractivity contribution is 6.30. The van der Waals surface area contributed by atoms with E-state index in [0.717, 1.165) is 5.56 Å². The van der Waals surface area contributed by atoms with Crippen LogP contribution >= 0.6 is 11.6 Å². The third kappa shape index (κ3) is 5.61. The highest BCUT2D eigenvalue weighted by Crippen LogP contribution is 2.30. The molecule has 0 spiro atoms.